The highest BCUT2D eigenvalue weighted by Crippen LogP contribution is 2.37. The van der Waals surface area contributed by atoms with Crippen molar-refractivity contribution in [3.05, 3.63) is 59.2 Å². The third-order valence-electron chi connectivity index (χ3n) is 4.07. The van der Waals surface area contributed by atoms with E-state index in [1.54, 1.807) is 13.0 Å². The first-order valence-electron chi connectivity index (χ1n) is 8.88. The van der Waals surface area contributed by atoms with Gasteiger partial charge in [0.25, 0.3) is 10.0 Å². The van der Waals surface area contributed by atoms with Crippen molar-refractivity contribution >= 4 is 49.3 Å². The van der Waals surface area contributed by atoms with Crippen molar-refractivity contribution in [3.63, 3.8) is 0 Å². The number of methoxy groups -OCH3 is 1. The predicted octanol–water partition coefficient (Wildman–Crippen LogP) is 3.66. The lowest BCUT2D eigenvalue weighted by atomic mass is 10.2. The summed E-state index contributed by atoms with van der Waals surface area (Å²) in [6.45, 7) is 1.64. The van der Waals surface area contributed by atoms with Gasteiger partial charge < -0.3 is 4.74 Å². The summed E-state index contributed by atoms with van der Waals surface area (Å²) in [5.74, 6) is -0.752. The van der Waals surface area contributed by atoms with Gasteiger partial charge in [-0.25, -0.2) is 32.5 Å². The Hall–Kier alpha value is -3.12. The molecular formula is C19H17BrFN5O4S. The minimum absolute atomic E-state index is 0.0927. The van der Waals surface area contributed by atoms with Crippen LogP contribution >= 0.6 is 15.9 Å². The second kappa shape index (κ2) is 9.35. The van der Waals surface area contributed by atoms with Gasteiger partial charge in [-0.15, -0.1) is 0 Å². The van der Waals surface area contributed by atoms with Gasteiger partial charge >= 0.3 is 0 Å². The fraction of sp³-hybridized carbons (Fsp3) is 0.158. The first-order chi connectivity index (χ1) is 14.8. The Labute approximate surface area is 186 Å². The Balaban J connectivity index is 2.00. The molecule has 0 aliphatic carbocycles. The minimum atomic E-state index is -4.00. The van der Waals surface area contributed by atoms with Crippen LogP contribution in [0.2, 0.25) is 0 Å². The number of nitrogens with one attached hydrogen (secondary N) is 1. The molecule has 0 aliphatic heterocycles. The van der Waals surface area contributed by atoms with Gasteiger partial charge in [-0.1, -0.05) is 6.92 Å². The van der Waals surface area contributed by atoms with E-state index in [4.69, 9.17) is 4.74 Å². The molecule has 12 heteroatoms. The average molecular weight is 510 g/mol. The molecule has 0 unspecified atom stereocenters. The highest BCUT2D eigenvalue weighted by molar-refractivity contribution is 9.10. The summed E-state index contributed by atoms with van der Waals surface area (Å²) in [6.07, 6.45) is 3.96. The number of anilines is 3. The number of hydrogen-bond donors (Lipinski definition) is 1. The molecule has 0 fully saturated rings. The van der Waals surface area contributed by atoms with Gasteiger partial charge in [-0.05, 0) is 40.2 Å². The van der Waals surface area contributed by atoms with Gasteiger partial charge in [0.05, 0.1) is 17.3 Å². The Bertz CT molecular complexity index is 1190. The van der Waals surface area contributed by atoms with Crippen LogP contribution in [0.1, 0.15) is 13.3 Å². The van der Waals surface area contributed by atoms with Crippen LogP contribution < -0.4 is 14.4 Å². The number of sulfonamides is 1. The third-order valence-corrected chi connectivity index (χ3v) is 5.99. The minimum Gasteiger partial charge on any atom is -0.495 e. The van der Waals surface area contributed by atoms with Crippen molar-refractivity contribution in [2.45, 2.75) is 18.2 Å². The number of carbonyl (C=O) groups excluding carboxylic acids is 1. The number of ether oxygens (including phenoxy) is 1. The van der Waals surface area contributed by atoms with Crippen LogP contribution in [0.4, 0.5) is 21.8 Å². The summed E-state index contributed by atoms with van der Waals surface area (Å²) in [4.78, 5) is 25.4. The van der Waals surface area contributed by atoms with Crippen LogP contribution in [-0.4, -0.2) is 36.4 Å². The molecule has 0 bridgehead atoms. The van der Waals surface area contributed by atoms with E-state index in [1.807, 2.05) is 0 Å². The molecule has 0 atom stereocenters. The van der Waals surface area contributed by atoms with Crippen LogP contribution in [0.5, 0.6) is 5.75 Å². The molecule has 1 aromatic carbocycles. The van der Waals surface area contributed by atoms with Crippen molar-refractivity contribution in [2.75, 3.05) is 16.7 Å². The number of rotatable bonds is 7. The molecule has 0 saturated carbocycles. The molecular weight excluding hydrogens is 493 g/mol. The first-order valence-corrected chi connectivity index (χ1v) is 11.2. The normalized spacial score (nSPS) is 11.1. The number of benzene rings is 1. The van der Waals surface area contributed by atoms with Gasteiger partial charge in [-0.2, -0.15) is 0 Å². The summed E-state index contributed by atoms with van der Waals surface area (Å²) in [5.41, 5.74) is 0.133. The van der Waals surface area contributed by atoms with Crippen LogP contribution in [0.3, 0.4) is 0 Å². The molecule has 1 N–H and O–H groups in total. The number of hydrogen-bond acceptors (Lipinski definition) is 7. The second-order valence-corrected chi connectivity index (χ2v) is 8.59. The Morgan fingerprint density at radius 1 is 1.23 bits per heavy atom. The van der Waals surface area contributed by atoms with Crippen molar-refractivity contribution in [3.8, 4) is 5.75 Å². The van der Waals surface area contributed by atoms with E-state index < -0.39 is 15.8 Å². The Kier molecular flexibility index (Phi) is 6.81. The number of pyridine rings is 1. The molecule has 2 heterocycles. The fourth-order valence-electron chi connectivity index (χ4n) is 2.59. The Morgan fingerprint density at radius 3 is 2.52 bits per heavy atom. The fourth-order valence-corrected chi connectivity index (χ4v) is 3.82. The number of carbonyl (C=O) groups is 1. The van der Waals surface area contributed by atoms with E-state index in [9.17, 15) is 17.6 Å². The van der Waals surface area contributed by atoms with Crippen LogP contribution in [0.25, 0.3) is 0 Å². The summed E-state index contributed by atoms with van der Waals surface area (Å²) in [5, 5.41) is 0. The van der Waals surface area contributed by atoms with Crippen molar-refractivity contribution in [1.29, 1.82) is 0 Å². The number of amides is 1. The SMILES string of the molecule is CCC(=O)N(c1ccc(S(=O)(=O)Nc2ncccn2)cn1)c1cc(F)c(Br)cc1OC. The van der Waals surface area contributed by atoms with Gasteiger partial charge in [-0.3, -0.25) is 9.69 Å². The molecule has 0 spiro atoms. The molecule has 3 aromatic rings. The maximum atomic E-state index is 14.2. The van der Waals surface area contributed by atoms with Gasteiger partial charge in [0.15, 0.2) is 0 Å². The largest absolute Gasteiger partial charge is 0.495 e. The number of aromatic nitrogens is 3. The molecule has 2 aromatic heterocycles. The van der Waals surface area contributed by atoms with E-state index in [2.05, 4.69) is 35.6 Å². The van der Waals surface area contributed by atoms with E-state index >= 15 is 0 Å². The maximum absolute atomic E-state index is 14.2. The molecule has 162 valence electrons. The van der Waals surface area contributed by atoms with E-state index in [0.29, 0.717) is 0 Å². The summed E-state index contributed by atoms with van der Waals surface area (Å²) >= 11 is 3.08. The summed E-state index contributed by atoms with van der Waals surface area (Å²) < 4.78 is 47.0. The monoisotopic (exact) mass is 509 g/mol. The molecule has 1 amide bonds. The molecule has 9 nitrogen and oxygen atoms in total. The smallest absolute Gasteiger partial charge is 0.265 e. The van der Waals surface area contributed by atoms with Crippen molar-refractivity contribution < 1.29 is 22.3 Å². The zero-order valence-electron chi connectivity index (χ0n) is 16.4. The summed E-state index contributed by atoms with van der Waals surface area (Å²) in [7, 11) is -2.62. The number of halogens is 2. The second-order valence-electron chi connectivity index (χ2n) is 6.05. The third kappa shape index (κ3) is 4.97. The predicted molar refractivity (Wildman–Crippen MR) is 115 cm³/mol. The zero-order chi connectivity index (χ0) is 22.6. The molecule has 0 saturated heterocycles. The van der Waals surface area contributed by atoms with E-state index in [-0.39, 0.29) is 44.9 Å². The lowest BCUT2D eigenvalue weighted by Gasteiger charge is -2.24. The molecule has 3 rings (SSSR count). The zero-order valence-corrected chi connectivity index (χ0v) is 18.8. The van der Waals surface area contributed by atoms with Crippen LogP contribution in [-0.2, 0) is 14.8 Å². The highest BCUT2D eigenvalue weighted by atomic mass is 79.9. The Morgan fingerprint density at radius 2 is 1.94 bits per heavy atom. The van der Waals surface area contributed by atoms with Crippen molar-refractivity contribution in [1.82, 2.24) is 15.0 Å². The van der Waals surface area contributed by atoms with Crippen LogP contribution in [0, 0.1) is 5.82 Å². The number of nitrogens with zero attached hydrogens (tertiary/aromatic N) is 4. The van der Waals surface area contributed by atoms with E-state index in [0.717, 1.165) is 12.3 Å². The van der Waals surface area contributed by atoms with Crippen LogP contribution in [0.15, 0.2) is 58.3 Å². The highest BCUT2D eigenvalue weighted by Gasteiger charge is 2.24. The first kappa shape index (κ1) is 22.6. The van der Waals surface area contributed by atoms with Gasteiger partial charge in [0, 0.05) is 31.1 Å². The maximum Gasteiger partial charge on any atom is 0.265 e. The molecule has 0 aliphatic rings. The standard InChI is InChI=1S/C19H17BrFN5O4S/c1-3-18(27)26(15-10-14(21)13(20)9-16(15)30-2)17-6-5-12(11-24-17)31(28,29)25-19-22-7-4-8-23-19/h4-11H,3H2,1-2H3,(H,22,23,25). The van der Waals surface area contributed by atoms with E-state index in [1.165, 1.54) is 42.6 Å². The molecule has 31 heavy (non-hydrogen) atoms. The summed E-state index contributed by atoms with van der Waals surface area (Å²) in [6, 6.07) is 6.69. The van der Waals surface area contributed by atoms with Crippen molar-refractivity contribution in [2.24, 2.45) is 0 Å². The molecule has 0 radical (unpaired) electrons. The van der Waals surface area contributed by atoms with Gasteiger partial charge in [0.1, 0.15) is 22.3 Å². The topological polar surface area (TPSA) is 114 Å². The van der Waals surface area contributed by atoms with Gasteiger partial charge in [0.2, 0.25) is 11.9 Å². The lowest BCUT2D eigenvalue weighted by Crippen LogP contribution is -2.26. The lowest BCUT2D eigenvalue weighted by molar-refractivity contribution is -0.117. The quantitative estimate of drug-likeness (QED) is 0.516. The average Bonchev–Trinajstić information content (AvgIpc) is 2.76.